The summed E-state index contributed by atoms with van der Waals surface area (Å²) in [6.45, 7) is 12.4. The molecule has 0 radical (unpaired) electrons. The SMILES string of the molecule is CCOC(=O)N1c2ccc(C)cc2[C@@]2(CCCN2S(=O)(=O)c2ccc(C)cc2)[C@H]1OC.CCOC(=O)N1c2ccc(C)cc2[C@]2(CCCN2S(=O)(=O)c2ccc(C)cc2)[C@@H]1OC. The third-order valence-electron chi connectivity index (χ3n) is 12.4. The summed E-state index contributed by atoms with van der Waals surface area (Å²) < 4.78 is 80.6. The zero-order valence-corrected chi connectivity index (χ0v) is 38.2. The maximum atomic E-state index is 13.8. The van der Waals surface area contributed by atoms with Gasteiger partial charge in [-0.2, -0.15) is 8.61 Å². The zero-order chi connectivity index (χ0) is 44.8. The molecule has 4 aromatic carbocycles. The highest BCUT2D eigenvalue weighted by atomic mass is 32.2. The minimum Gasteiger partial charge on any atom is -0.449 e. The number of methoxy groups -OCH3 is 2. The molecule has 62 heavy (non-hydrogen) atoms. The number of fused-ring (bicyclic) bond motifs is 4. The Bertz CT molecular complexity index is 2380. The predicted molar refractivity (Wildman–Crippen MR) is 235 cm³/mol. The molecule has 2 fully saturated rings. The van der Waals surface area contributed by atoms with Gasteiger partial charge in [-0.15, -0.1) is 0 Å². The molecule has 4 atom stereocenters. The topological polar surface area (TPSA) is 152 Å². The summed E-state index contributed by atoms with van der Waals surface area (Å²) in [5.41, 5.74) is 4.71. The van der Waals surface area contributed by atoms with Crippen LogP contribution in [0, 0.1) is 27.7 Å². The number of benzene rings is 4. The van der Waals surface area contributed by atoms with Gasteiger partial charge in [-0.1, -0.05) is 70.8 Å². The smallest absolute Gasteiger partial charge is 0.416 e. The van der Waals surface area contributed by atoms with E-state index in [4.69, 9.17) is 18.9 Å². The lowest BCUT2D eigenvalue weighted by molar-refractivity contribution is 0.000357. The average molecular weight is 889 g/mol. The largest absolute Gasteiger partial charge is 0.449 e. The lowest BCUT2D eigenvalue weighted by atomic mass is 9.88. The van der Waals surface area contributed by atoms with Crippen LogP contribution in [0.2, 0.25) is 0 Å². The van der Waals surface area contributed by atoms with Gasteiger partial charge in [-0.3, -0.25) is 0 Å². The van der Waals surface area contributed by atoms with Crippen LogP contribution in [-0.4, -0.2) is 90.6 Å². The molecule has 0 unspecified atom stereocenters. The molecule has 16 heteroatoms. The van der Waals surface area contributed by atoms with Crippen molar-refractivity contribution < 1.29 is 45.4 Å². The molecule has 8 rings (SSSR count). The summed E-state index contributed by atoms with van der Waals surface area (Å²) in [5, 5.41) is 0. The standard InChI is InChI=1S/2C23H28N2O5S/c2*1-5-30-22(26)25-20-12-9-17(3)15-19(20)23(21(25)29-4)13-6-14-24(23)31(27,28)18-10-7-16(2)8-11-18/h2*7-12,15,21H,5-6,13-14H2,1-4H3/t2*21-,23+/m10/s1. The molecule has 332 valence electrons. The lowest BCUT2D eigenvalue weighted by Gasteiger charge is -2.40. The van der Waals surface area contributed by atoms with Crippen LogP contribution in [0.25, 0.3) is 0 Å². The van der Waals surface area contributed by atoms with Crippen molar-refractivity contribution in [3.05, 3.63) is 118 Å². The molecule has 2 spiro atoms. The number of anilines is 2. The van der Waals surface area contributed by atoms with Crippen molar-refractivity contribution in [1.82, 2.24) is 8.61 Å². The monoisotopic (exact) mass is 888 g/mol. The average Bonchev–Trinajstić information content (AvgIpc) is 4.02. The number of carbonyl (C=O) groups excluding carboxylic acids is 2. The van der Waals surface area contributed by atoms with Gasteiger partial charge in [0.25, 0.3) is 0 Å². The van der Waals surface area contributed by atoms with E-state index in [2.05, 4.69) is 0 Å². The predicted octanol–water partition coefficient (Wildman–Crippen LogP) is 7.86. The Balaban J connectivity index is 0.000000186. The number of sulfonamides is 2. The van der Waals surface area contributed by atoms with Gasteiger partial charge in [0.1, 0.15) is 11.1 Å². The number of hydrogen-bond acceptors (Lipinski definition) is 10. The Morgan fingerprint density at radius 1 is 0.565 bits per heavy atom. The van der Waals surface area contributed by atoms with Gasteiger partial charge in [-0.25, -0.2) is 36.2 Å². The van der Waals surface area contributed by atoms with Crippen LogP contribution in [0.3, 0.4) is 0 Å². The molecule has 0 bridgehead atoms. The summed E-state index contributed by atoms with van der Waals surface area (Å²) in [6, 6.07) is 25.1. The molecule has 2 amide bonds. The first kappa shape index (κ1) is 45.2. The maximum absolute atomic E-state index is 13.8. The molecule has 0 N–H and O–H groups in total. The lowest BCUT2D eigenvalue weighted by Crippen LogP contribution is -2.56. The second-order valence-corrected chi connectivity index (χ2v) is 19.9. The molecule has 4 aliphatic rings. The van der Waals surface area contributed by atoms with E-state index in [0.717, 1.165) is 33.4 Å². The minimum atomic E-state index is -3.83. The Morgan fingerprint density at radius 2 is 0.903 bits per heavy atom. The van der Waals surface area contributed by atoms with Crippen LogP contribution in [-0.2, 0) is 50.1 Å². The fourth-order valence-corrected chi connectivity index (χ4v) is 13.4. The quantitative estimate of drug-likeness (QED) is 0.171. The molecular weight excluding hydrogens is 833 g/mol. The second-order valence-electron chi connectivity index (χ2n) is 16.2. The highest BCUT2D eigenvalue weighted by Gasteiger charge is 2.64. The summed E-state index contributed by atoms with van der Waals surface area (Å²) >= 11 is 0. The second kappa shape index (κ2) is 17.4. The fraction of sp³-hybridized carbons (Fsp3) is 0.435. The van der Waals surface area contributed by atoms with Crippen LogP contribution >= 0.6 is 0 Å². The van der Waals surface area contributed by atoms with E-state index < -0.39 is 55.8 Å². The molecule has 0 saturated carbocycles. The fourth-order valence-electron chi connectivity index (χ4n) is 9.74. The van der Waals surface area contributed by atoms with Gasteiger partial charge in [0, 0.05) is 38.4 Å². The summed E-state index contributed by atoms with van der Waals surface area (Å²) in [4.78, 5) is 29.2. The number of nitrogens with zero attached hydrogens (tertiary/aromatic N) is 4. The van der Waals surface area contributed by atoms with Crippen molar-refractivity contribution in [3.8, 4) is 0 Å². The number of carbonyl (C=O) groups is 2. The Morgan fingerprint density at radius 3 is 1.23 bits per heavy atom. The number of amides is 2. The van der Waals surface area contributed by atoms with Crippen molar-refractivity contribution >= 4 is 43.6 Å². The summed E-state index contributed by atoms with van der Waals surface area (Å²) in [5.74, 6) is 0. The van der Waals surface area contributed by atoms with Crippen LogP contribution in [0.15, 0.2) is 94.7 Å². The zero-order valence-electron chi connectivity index (χ0n) is 36.6. The number of ether oxygens (including phenoxy) is 4. The Labute approximate surface area is 365 Å². The third-order valence-corrected chi connectivity index (χ3v) is 16.3. The van der Waals surface area contributed by atoms with Gasteiger partial charge in [-0.05, 0) is 104 Å². The Hall–Kier alpha value is -4.84. The number of aryl methyl sites for hydroxylation is 4. The van der Waals surface area contributed by atoms with E-state index >= 15 is 0 Å². The maximum Gasteiger partial charge on any atom is 0.416 e. The minimum absolute atomic E-state index is 0.214. The van der Waals surface area contributed by atoms with Crippen LogP contribution in [0.4, 0.5) is 21.0 Å². The first-order valence-electron chi connectivity index (χ1n) is 20.9. The molecule has 4 aromatic rings. The molecule has 14 nitrogen and oxygen atoms in total. The summed E-state index contributed by atoms with van der Waals surface area (Å²) in [7, 11) is -4.65. The van der Waals surface area contributed by atoms with Gasteiger partial charge in [0.2, 0.25) is 20.0 Å². The first-order chi connectivity index (χ1) is 29.5. The van der Waals surface area contributed by atoms with Crippen molar-refractivity contribution in [2.24, 2.45) is 0 Å². The van der Waals surface area contributed by atoms with Crippen LogP contribution < -0.4 is 9.80 Å². The van der Waals surface area contributed by atoms with E-state index in [1.54, 1.807) is 62.4 Å². The van der Waals surface area contributed by atoms with Gasteiger partial charge in [0.15, 0.2) is 12.5 Å². The highest BCUT2D eigenvalue weighted by Crippen LogP contribution is 2.57. The molecule has 4 aliphatic heterocycles. The van der Waals surface area contributed by atoms with E-state index in [1.165, 1.54) is 32.6 Å². The van der Waals surface area contributed by atoms with E-state index in [1.807, 2.05) is 64.1 Å². The van der Waals surface area contributed by atoms with Gasteiger partial charge >= 0.3 is 12.2 Å². The van der Waals surface area contributed by atoms with E-state index in [-0.39, 0.29) is 23.0 Å². The van der Waals surface area contributed by atoms with Crippen LogP contribution in [0.5, 0.6) is 0 Å². The third kappa shape index (κ3) is 7.27. The van der Waals surface area contributed by atoms with Crippen molar-refractivity contribution in [3.63, 3.8) is 0 Å². The Kier molecular flexibility index (Phi) is 12.7. The van der Waals surface area contributed by atoms with Gasteiger partial charge < -0.3 is 18.9 Å². The number of rotatable bonds is 8. The van der Waals surface area contributed by atoms with Crippen molar-refractivity contribution in [2.75, 3.05) is 50.3 Å². The van der Waals surface area contributed by atoms with E-state index in [0.29, 0.717) is 50.1 Å². The van der Waals surface area contributed by atoms with Gasteiger partial charge in [0.05, 0.1) is 34.4 Å². The first-order valence-corrected chi connectivity index (χ1v) is 23.8. The molecule has 2 saturated heterocycles. The normalized spacial score (nSPS) is 23.4. The number of hydrogen-bond donors (Lipinski definition) is 0. The van der Waals surface area contributed by atoms with E-state index in [9.17, 15) is 26.4 Å². The molecule has 4 heterocycles. The van der Waals surface area contributed by atoms with Crippen molar-refractivity contribution in [1.29, 1.82) is 0 Å². The molecule has 0 aromatic heterocycles. The molecule has 0 aliphatic carbocycles. The van der Waals surface area contributed by atoms with Crippen molar-refractivity contribution in [2.45, 2.75) is 101 Å². The van der Waals surface area contributed by atoms with Crippen LogP contribution in [0.1, 0.15) is 72.9 Å². The highest BCUT2D eigenvalue weighted by molar-refractivity contribution is 7.89. The summed E-state index contributed by atoms with van der Waals surface area (Å²) in [6.07, 6.45) is -0.334. The molecular formula is C46H56N4O10S2.